The molecule has 0 aliphatic rings. The molecule has 7 heteroatoms. The van der Waals surface area contributed by atoms with Crippen molar-refractivity contribution in [3.63, 3.8) is 0 Å². The van der Waals surface area contributed by atoms with Crippen molar-refractivity contribution in [3.05, 3.63) is 60.2 Å². The topological polar surface area (TPSA) is 66.9 Å². The summed E-state index contributed by atoms with van der Waals surface area (Å²) in [6.07, 6.45) is 0. The predicted molar refractivity (Wildman–Crippen MR) is 100 cm³/mol. The van der Waals surface area contributed by atoms with E-state index >= 15 is 0 Å². The molecular weight excluding hydrogens is 352 g/mol. The molecule has 26 heavy (non-hydrogen) atoms. The maximum atomic E-state index is 12.7. The van der Waals surface area contributed by atoms with Crippen molar-refractivity contribution >= 4 is 15.9 Å². The van der Waals surface area contributed by atoms with Crippen molar-refractivity contribution in [2.45, 2.75) is 18.4 Å². The average molecular weight is 376 g/mol. The first kappa shape index (κ1) is 19.9. The highest BCUT2D eigenvalue weighted by atomic mass is 32.2. The Labute approximate surface area is 155 Å². The van der Waals surface area contributed by atoms with Gasteiger partial charge in [0.2, 0.25) is 15.9 Å². The molecule has 140 valence electrons. The van der Waals surface area contributed by atoms with Crippen molar-refractivity contribution in [1.29, 1.82) is 0 Å². The number of hydrogen-bond donors (Lipinski definition) is 0. The van der Waals surface area contributed by atoms with Gasteiger partial charge in [0.1, 0.15) is 5.75 Å². The molecule has 2 rings (SSSR count). The summed E-state index contributed by atoms with van der Waals surface area (Å²) in [7, 11) is -0.819. The fraction of sp³-hybridized carbons (Fsp3) is 0.316. The molecule has 0 aliphatic heterocycles. The molecule has 0 heterocycles. The van der Waals surface area contributed by atoms with Crippen LogP contribution >= 0.6 is 0 Å². The van der Waals surface area contributed by atoms with Crippen molar-refractivity contribution in [2.75, 3.05) is 27.2 Å². The van der Waals surface area contributed by atoms with Crippen LogP contribution < -0.4 is 4.74 Å². The van der Waals surface area contributed by atoms with E-state index in [1.807, 2.05) is 37.3 Å². The third kappa shape index (κ3) is 4.83. The second kappa shape index (κ2) is 8.82. The molecule has 0 atom stereocenters. The molecule has 0 saturated carbocycles. The number of amides is 1. The summed E-state index contributed by atoms with van der Waals surface area (Å²) < 4.78 is 31.4. The van der Waals surface area contributed by atoms with Crippen LogP contribution in [0.15, 0.2) is 59.5 Å². The van der Waals surface area contributed by atoms with Crippen LogP contribution in [0.5, 0.6) is 5.75 Å². The van der Waals surface area contributed by atoms with Gasteiger partial charge in [0.25, 0.3) is 0 Å². The third-order valence-electron chi connectivity index (χ3n) is 4.08. The van der Waals surface area contributed by atoms with Crippen LogP contribution in [0.3, 0.4) is 0 Å². The van der Waals surface area contributed by atoms with Crippen LogP contribution in [0, 0.1) is 0 Å². The smallest absolute Gasteiger partial charge is 0.243 e. The Kier molecular flexibility index (Phi) is 6.76. The zero-order valence-electron chi connectivity index (χ0n) is 15.3. The number of carbonyl (C=O) groups is 1. The van der Waals surface area contributed by atoms with Crippen LogP contribution in [-0.2, 0) is 21.4 Å². The number of nitrogens with zero attached hydrogens (tertiary/aromatic N) is 2. The zero-order valence-corrected chi connectivity index (χ0v) is 16.1. The van der Waals surface area contributed by atoms with E-state index in [2.05, 4.69) is 0 Å². The van der Waals surface area contributed by atoms with Crippen LogP contribution in [0.4, 0.5) is 0 Å². The summed E-state index contributed by atoms with van der Waals surface area (Å²) in [6.45, 7) is 2.62. The number of sulfonamides is 1. The zero-order chi connectivity index (χ0) is 19.2. The van der Waals surface area contributed by atoms with Crippen LogP contribution in [0.2, 0.25) is 0 Å². The highest BCUT2D eigenvalue weighted by Crippen LogP contribution is 2.18. The normalized spacial score (nSPS) is 11.4. The molecule has 2 aromatic carbocycles. The minimum atomic E-state index is -3.74. The van der Waals surface area contributed by atoms with Gasteiger partial charge in [0, 0.05) is 20.1 Å². The summed E-state index contributed by atoms with van der Waals surface area (Å²) in [5.41, 5.74) is 1.00. The summed E-state index contributed by atoms with van der Waals surface area (Å²) in [5, 5.41) is 0. The number of carbonyl (C=O) groups excluding carboxylic acids is 1. The predicted octanol–water partition coefficient (Wildman–Crippen LogP) is 2.36. The van der Waals surface area contributed by atoms with E-state index in [0.717, 1.165) is 9.87 Å². The molecule has 0 saturated heterocycles. The highest BCUT2D eigenvalue weighted by Gasteiger charge is 2.25. The van der Waals surface area contributed by atoms with Crippen molar-refractivity contribution in [1.82, 2.24) is 9.21 Å². The van der Waals surface area contributed by atoms with E-state index in [4.69, 9.17) is 4.74 Å². The summed E-state index contributed by atoms with van der Waals surface area (Å²) in [6, 6.07) is 15.7. The minimum Gasteiger partial charge on any atom is -0.497 e. The van der Waals surface area contributed by atoms with Crippen LogP contribution in [0.25, 0.3) is 0 Å². The number of ether oxygens (including phenoxy) is 1. The highest BCUT2D eigenvalue weighted by molar-refractivity contribution is 7.89. The van der Waals surface area contributed by atoms with E-state index in [9.17, 15) is 13.2 Å². The minimum absolute atomic E-state index is 0.125. The summed E-state index contributed by atoms with van der Waals surface area (Å²) in [4.78, 5) is 14.3. The first-order valence-corrected chi connectivity index (χ1v) is 9.74. The standard InChI is InChI=1S/C19H24N2O4S/c1-4-21(14-16-8-6-5-7-9-16)19(22)15-20(2)26(23,24)18-12-10-17(25-3)11-13-18/h5-13H,4,14-15H2,1-3H3. The number of methoxy groups -OCH3 is 1. The number of rotatable bonds is 8. The van der Waals surface area contributed by atoms with Gasteiger partial charge < -0.3 is 9.64 Å². The van der Waals surface area contributed by atoms with Gasteiger partial charge in [-0.25, -0.2) is 8.42 Å². The Bertz CT molecular complexity index is 820. The molecule has 0 aliphatic carbocycles. The molecule has 0 spiro atoms. The van der Waals surface area contributed by atoms with Crippen molar-refractivity contribution in [2.24, 2.45) is 0 Å². The molecule has 1 amide bonds. The second-order valence-corrected chi connectivity index (χ2v) is 7.88. The summed E-state index contributed by atoms with van der Waals surface area (Å²) in [5.74, 6) is 0.332. The molecule has 0 radical (unpaired) electrons. The van der Waals surface area contributed by atoms with Crippen molar-refractivity contribution < 1.29 is 17.9 Å². The first-order chi connectivity index (χ1) is 12.4. The van der Waals surface area contributed by atoms with Gasteiger partial charge in [-0.05, 0) is 36.8 Å². The number of hydrogen-bond acceptors (Lipinski definition) is 4. The fourth-order valence-corrected chi connectivity index (χ4v) is 3.60. The SMILES string of the molecule is CCN(Cc1ccccc1)C(=O)CN(C)S(=O)(=O)c1ccc(OC)cc1. The lowest BCUT2D eigenvalue weighted by atomic mass is 10.2. The molecule has 0 aromatic heterocycles. The average Bonchev–Trinajstić information content (AvgIpc) is 2.66. The van der Waals surface area contributed by atoms with E-state index < -0.39 is 10.0 Å². The lowest BCUT2D eigenvalue weighted by Crippen LogP contribution is -2.40. The Morgan fingerprint density at radius 3 is 2.19 bits per heavy atom. The molecule has 0 N–H and O–H groups in total. The third-order valence-corrected chi connectivity index (χ3v) is 5.89. The van der Waals surface area contributed by atoms with Crippen molar-refractivity contribution in [3.8, 4) is 5.75 Å². The Hall–Kier alpha value is -2.38. The van der Waals surface area contributed by atoms with E-state index in [1.165, 1.54) is 26.3 Å². The molecule has 2 aromatic rings. The van der Waals surface area contributed by atoms with Gasteiger partial charge in [-0.2, -0.15) is 4.31 Å². The molecule has 0 fully saturated rings. The first-order valence-electron chi connectivity index (χ1n) is 8.30. The number of benzene rings is 2. The number of likely N-dealkylation sites (N-methyl/N-ethyl adjacent to an activating group) is 2. The van der Waals surface area contributed by atoms with E-state index in [1.54, 1.807) is 17.0 Å². The lowest BCUT2D eigenvalue weighted by Gasteiger charge is -2.24. The van der Waals surface area contributed by atoms with E-state index in [0.29, 0.717) is 18.8 Å². The Morgan fingerprint density at radius 1 is 1.04 bits per heavy atom. The summed E-state index contributed by atoms with van der Waals surface area (Å²) >= 11 is 0. The van der Waals surface area contributed by atoms with Gasteiger partial charge >= 0.3 is 0 Å². The molecule has 0 bridgehead atoms. The second-order valence-electron chi connectivity index (χ2n) is 5.83. The van der Waals surface area contributed by atoms with Gasteiger partial charge in [0.15, 0.2) is 0 Å². The fourth-order valence-electron chi connectivity index (χ4n) is 2.48. The molecule has 0 unspecified atom stereocenters. The van der Waals surface area contributed by atoms with Crippen LogP contribution in [0.1, 0.15) is 12.5 Å². The maximum absolute atomic E-state index is 12.7. The Morgan fingerprint density at radius 2 is 1.65 bits per heavy atom. The quantitative estimate of drug-likeness (QED) is 0.709. The monoisotopic (exact) mass is 376 g/mol. The van der Waals surface area contributed by atoms with E-state index in [-0.39, 0.29) is 17.3 Å². The maximum Gasteiger partial charge on any atom is 0.243 e. The Balaban J connectivity index is 2.08. The largest absolute Gasteiger partial charge is 0.497 e. The van der Waals surface area contributed by atoms with Gasteiger partial charge in [0.05, 0.1) is 18.6 Å². The van der Waals surface area contributed by atoms with Gasteiger partial charge in [-0.3, -0.25) is 4.79 Å². The molecular formula is C19H24N2O4S. The van der Waals surface area contributed by atoms with Gasteiger partial charge in [-0.1, -0.05) is 30.3 Å². The van der Waals surface area contributed by atoms with Crippen LogP contribution in [-0.4, -0.2) is 50.8 Å². The van der Waals surface area contributed by atoms with Gasteiger partial charge in [-0.15, -0.1) is 0 Å². The molecule has 6 nitrogen and oxygen atoms in total. The lowest BCUT2D eigenvalue weighted by molar-refractivity contribution is -0.131.